The summed E-state index contributed by atoms with van der Waals surface area (Å²) < 4.78 is 6.31. The standard InChI is InChI=1S/C16H26N2O2S2Si/c1-11(8-20-23(5,6)16(2,3)4)14-18-13(10-22-14)15-17-12(7-19)9-21-15/h9-11,19H,7-8H2,1-6H3/t11-/m1/s1. The second-order valence-corrected chi connectivity index (χ2v) is 13.9. The van der Waals surface area contributed by atoms with Crippen LogP contribution in [0.25, 0.3) is 10.7 Å². The maximum atomic E-state index is 9.12. The third-order valence-corrected chi connectivity index (χ3v) is 10.9. The summed E-state index contributed by atoms with van der Waals surface area (Å²) in [6.45, 7) is 14.2. The maximum absolute atomic E-state index is 9.12. The molecule has 1 N–H and O–H groups in total. The summed E-state index contributed by atoms with van der Waals surface area (Å²) in [5.74, 6) is 0.278. The molecule has 4 nitrogen and oxygen atoms in total. The molecule has 1 atom stereocenters. The van der Waals surface area contributed by atoms with Gasteiger partial charge in [-0.25, -0.2) is 9.97 Å². The lowest BCUT2D eigenvalue weighted by Gasteiger charge is -2.36. The molecular formula is C16H26N2O2S2Si. The third-order valence-electron chi connectivity index (χ3n) is 4.38. The molecule has 0 spiro atoms. The molecule has 128 valence electrons. The van der Waals surface area contributed by atoms with Gasteiger partial charge in [0.25, 0.3) is 0 Å². The topological polar surface area (TPSA) is 55.2 Å². The highest BCUT2D eigenvalue weighted by Crippen LogP contribution is 2.37. The molecule has 0 amide bonds. The van der Waals surface area contributed by atoms with Crippen molar-refractivity contribution in [2.45, 2.75) is 58.4 Å². The zero-order valence-electron chi connectivity index (χ0n) is 14.7. The summed E-state index contributed by atoms with van der Waals surface area (Å²) in [6.07, 6.45) is 0. The van der Waals surface area contributed by atoms with Crippen molar-refractivity contribution >= 4 is 31.0 Å². The number of thiazole rings is 2. The van der Waals surface area contributed by atoms with Crippen molar-refractivity contribution in [2.75, 3.05) is 6.61 Å². The summed E-state index contributed by atoms with van der Waals surface area (Å²) in [6, 6.07) is 0. The van der Waals surface area contributed by atoms with Crippen LogP contribution in [0, 0.1) is 0 Å². The summed E-state index contributed by atoms with van der Waals surface area (Å²) in [4.78, 5) is 9.09. The Labute approximate surface area is 147 Å². The van der Waals surface area contributed by atoms with Gasteiger partial charge in [-0.15, -0.1) is 22.7 Å². The number of aliphatic hydroxyl groups is 1. The smallest absolute Gasteiger partial charge is 0.192 e. The number of hydrogen-bond donors (Lipinski definition) is 1. The summed E-state index contributed by atoms with van der Waals surface area (Å²) in [7, 11) is -1.72. The maximum Gasteiger partial charge on any atom is 0.192 e. The van der Waals surface area contributed by atoms with E-state index in [1.165, 1.54) is 11.3 Å². The van der Waals surface area contributed by atoms with E-state index in [0.29, 0.717) is 12.3 Å². The lowest BCUT2D eigenvalue weighted by molar-refractivity contribution is 0.269. The predicted octanol–water partition coefficient (Wildman–Crippen LogP) is 4.88. The van der Waals surface area contributed by atoms with Crippen LogP contribution in [0.4, 0.5) is 0 Å². The van der Waals surface area contributed by atoms with Crippen LogP contribution in [-0.2, 0) is 11.0 Å². The van der Waals surface area contributed by atoms with Crippen LogP contribution >= 0.6 is 22.7 Å². The van der Waals surface area contributed by atoms with Gasteiger partial charge < -0.3 is 9.53 Å². The minimum atomic E-state index is -1.72. The highest BCUT2D eigenvalue weighted by atomic mass is 32.1. The molecule has 0 aliphatic carbocycles. The van der Waals surface area contributed by atoms with Crippen molar-refractivity contribution in [1.82, 2.24) is 9.97 Å². The van der Waals surface area contributed by atoms with Gasteiger partial charge in [0, 0.05) is 23.3 Å². The van der Waals surface area contributed by atoms with Crippen LogP contribution in [0.1, 0.15) is 44.3 Å². The van der Waals surface area contributed by atoms with Crippen molar-refractivity contribution in [3.8, 4) is 10.7 Å². The van der Waals surface area contributed by atoms with Gasteiger partial charge in [0.1, 0.15) is 10.7 Å². The molecule has 0 bridgehead atoms. The molecule has 2 aromatic rings. The number of hydrogen-bond acceptors (Lipinski definition) is 6. The van der Waals surface area contributed by atoms with Gasteiger partial charge in [0.05, 0.1) is 17.3 Å². The van der Waals surface area contributed by atoms with Crippen LogP contribution in [-0.4, -0.2) is 30.0 Å². The van der Waals surface area contributed by atoms with Crippen molar-refractivity contribution in [3.63, 3.8) is 0 Å². The molecule has 0 saturated heterocycles. The van der Waals surface area contributed by atoms with Crippen molar-refractivity contribution < 1.29 is 9.53 Å². The van der Waals surface area contributed by atoms with Crippen LogP contribution in [0.2, 0.25) is 18.1 Å². The van der Waals surface area contributed by atoms with Crippen molar-refractivity contribution in [2.24, 2.45) is 0 Å². The molecule has 0 aliphatic heterocycles. The highest BCUT2D eigenvalue weighted by Gasteiger charge is 2.37. The van der Waals surface area contributed by atoms with Crippen LogP contribution < -0.4 is 0 Å². The first-order valence-electron chi connectivity index (χ1n) is 7.79. The molecule has 0 saturated carbocycles. The number of aliphatic hydroxyl groups excluding tert-OH is 1. The first-order chi connectivity index (χ1) is 10.6. The number of aromatic nitrogens is 2. The molecule has 2 heterocycles. The van der Waals surface area contributed by atoms with E-state index in [4.69, 9.17) is 14.5 Å². The van der Waals surface area contributed by atoms with E-state index >= 15 is 0 Å². The largest absolute Gasteiger partial charge is 0.416 e. The zero-order valence-corrected chi connectivity index (χ0v) is 17.3. The van der Waals surface area contributed by atoms with E-state index in [1.807, 2.05) is 10.8 Å². The van der Waals surface area contributed by atoms with E-state index < -0.39 is 8.32 Å². The van der Waals surface area contributed by atoms with E-state index in [9.17, 15) is 0 Å². The fourth-order valence-electron chi connectivity index (χ4n) is 1.73. The van der Waals surface area contributed by atoms with Crippen molar-refractivity contribution in [3.05, 3.63) is 21.5 Å². The number of rotatable bonds is 6. The Balaban J connectivity index is 2.02. The lowest BCUT2D eigenvalue weighted by atomic mass is 10.2. The Bertz CT molecular complexity index is 647. The molecule has 0 radical (unpaired) electrons. The van der Waals surface area contributed by atoms with E-state index in [-0.39, 0.29) is 17.6 Å². The van der Waals surface area contributed by atoms with Gasteiger partial charge in [-0.2, -0.15) is 0 Å². The Kier molecular flexibility index (Phi) is 5.79. The highest BCUT2D eigenvalue weighted by molar-refractivity contribution is 7.14. The predicted molar refractivity (Wildman–Crippen MR) is 101 cm³/mol. The first-order valence-corrected chi connectivity index (χ1v) is 12.5. The van der Waals surface area contributed by atoms with E-state index in [0.717, 1.165) is 15.7 Å². The Morgan fingerprint density at radius 3 is 2.48 bits per heavy atom. The van der Waals surface area contributed by atoms with Gasteiger partial charge in [-0.3, -0.25) is 0 Å². The molecule has 2 aromatic heterocycles. The normalized spacial score (nSPS) is 14.2. The summed E-state index contributed by atoms with van der Waals surface area (Å²) >= 11 is 3.18. The molecule has 23 heavy (non-hydrogen) atoms. The average Bonchev–Trinajstić information content (AvgIpc) is 3.11. The second kappa shape index (κ2) is 7.10. The average molecular weight is 371 g/mol. The minimum Gasteiger partial charge on any atom is -0.416 e. The second-order valence-electron chi connectivity index (χ2n) is 7.35. The van der Waals surface area contributed by atoms with Crippen LogP contribution in [0.3, 0.4) is 0 Å². The molecular weight excluding hydrogens is 344 g/mol. The first kappa shape index (κ1) is 18.7. The molecule has 7 heteroatoms. The van der Waals surface area contributed by atoms with Gasteiger partial charge >= 0.3 is 0 Å². The summed E-state index contributed by atoms with van der Waals surface area (Å²) in [5, 5.41) is 15.2. The Hall–Kier alpha value is -0.603. The molecule has 0 unspecified atom stereocenters. The molecule has 0 fully saturated rings. The summed E-state index contributed by atoms with van der Waals surface area (Å²) in [5.41, 5.74) is 1.60. The zero-order chi connectivity index (χ0) is 17.3. The fraction of sp³-hybridized carbons (Fsp3) is 0.625. The number of nitrogens with zero attached hydrogens (tertiary/aromatic N) is 2. The van der Waals surface area contributed by atoms with Gasteiger partial charge in [-0.1, -0.05) is 27.7 Å². The van der Waals surface area contributed by atoms with Gasteiger partial charge in [-0.05, 0) is 18.1 Å². The lowest BCUT2D eigenvalue weighted by Crippen LogP contribution is -2.41. The van der Waals surface area contributed by atoms with Gasteiger partial charge in [0.15, 0.2) is 8.32 Å². The molecule has 2 rings (SSSR count). The van der Waals surface area contributed by atoms with Gasteiger partial charge in [0.2, 0.25) is 0 Å². The molecule has 0 aliphatic rings. The third kappa shape index (κ3) is 4.48. The van der Waals surface area contributed by atoms with Crippen molar-refractivity contribution in [1.29, 1.82) is 0 Å². The Morgan fingerprint density at radius 1 is 1.22 bits per heavy atom. The quantitative estimate of drug-likeness (QED) is 0.736. The monoisotopic (exact) mass is 370 g/mol. The Morgan fingerprint density at radius 2 is 1.91 bits per heavy atom. The SMILES string of the molecule is C[C@H](CO[Si](C)(C)C(C)(C)C)c1nc(-c2nc(CO)cs2)cs1. The van der Waals surface area contributed by atoms with Crippen LogP contribution in [0.5, 0.6) is 0 Å². The molecule has 0 aromatic carbocycles. The minimum absolute atomic E-state index is 0.0236. The fourth-order valence-corrected chi connectivity index (χ4v) is 4.52. The van der Waals surface area contributed by atoms with E-state index in [2.05, 4.69) is 45.8 Å². The van der Waals surface area contributed by atoms with Crippen LogP contribution in [0.15, 0.2) is 10.8 Å². The van der Waals surface area contributed by atoms with E-state index in [1.54, 1.807) is 11.3 Å².